The first-order valence-electron chi connectivity index (χ1n) is 11.7. The molecule has 0 fully saturated rings. The lowest BCUT2D eigenvalue weighted by molar-refractivity contribution is 0.0767. The zero-order valence-corrected chi connectivity index (χ0v) is 21.7. The van der Waals surface area contributed by atoms with Gasteiger partial charge in [0.25, 0.3) is 11.5 Å². The fourth-order valence-electron chi connectivity index (χ4n) is 4.01. The predicted molar refractivity (Wildman–Crippen MR) is 143 cm³/mol. The molecule has 0 radical (unpaired) electrons. The van der Waals surface area contributed by atoms with Crippen molar-refractivity contribution in [3.8, 4) is 22.6 Å². The highest BCUT2D eigenvalue weighted by Crippen LogP contribution is 2.27. The van der Waals surface area contributed by atoms with Crippen molar-refractivity contribution in [2.45, 2.75) is 24.3 Å². The van der Waals surface area contributed by atoms with E-state index in [2.05, 4.69) is 10.4 Å². The van der Waals surface area contributed by atoms with Crippen LogP contribution < -0.4 is 10.9 Å². The lowest BCUT2D eigenvalue weighted by Gasteiger charge is -2.30. The molecule has 198 valence electrons. The number of benzene rings is 2. The molecule has 2 unspecified atom stereocenters. The van der Waals surface area contributed by atoms with Crippen molar-refractivity contribution < 1.29 is 23.4 Å². The summed E-state index contributed by atoms with van der Waals surface area (Å²) in [5, 5.41) is 27.5. The Bertz CT molecular complexity index is 1600. The number of hydrogen-bond donors (Lipinski definition) is 3. The maximum atomic E-state index is 12.9. The van der Waals surface area contributed by atoms with Crippen LogP contribution in [0.3, 0.4) is 0 Å². The number of carbonyl (C=O) groups excluding carboxylic acids is 1. The molecule has 10 nitrogen and oxygen atoms in total. The Morgan fingerprint density at radius 1 is 1.05 bits per heavy atom. The first kappa shape index (κ1) is 26.8. The van der Waals surface area contributed by atoms with E-state index in [4.69, 9.17) is 0 Å². The topological polar surface area (TPSA) is 144 Å². The van der Waals surface area contributed by atoms with Gasteiger partial charge in [-0.1, -0.05) is 24.3 Å². The molecule has 2 atom stereocenters. The van der Waals surface area contributed by atoms with Gasteiger partial charge in [-0.15, -0.1) is 0 Å². The minimum absolute atomic E-state index is 0.00615. The lowest BCUT2D eigenvalue weighted by Crippen LogP contribution is -2.48. The minimum atomic E-state index is -3.80. The number of nitrogens with zero attached hydrogens (tertiary/aromatic N) is 3. The van der Waals surface area contributed by atoms with Crippen LogP contribution in [0, 0.1) is 0 Å². The number of rotatable bonds is 9. The van der Waals surface area contributed by atoms with Gasteiger partial charge in [0.05, 0.1) is 16.0 Å². The molecule has 0 bridgehead atoms. The smallest absolute Gasteiger partial charge is 0.255 e. The molecule has 4 aromatic rings. The van der Waals surface area contributed by atoms with Crippen molar-refractivity contribution in [3.63, 3.8) is 0 Å². The Morgan fingerprint density at radius 2 is 1.76 bits per heavy atom. The molecule has 0 aliphatic heterocycles. The minimum Gasteiger partial charge on any atom is -0.507 e. The number of hydrogen-bond acceptors (Lipinski definition) is 7. The quantitative estimate of drug-likeness (QED) is 0.298. The molecule has 0 spiro atoms. The summed E-state index contributed by atoms with van der Waals surface area (Å²) in [6.07, 6.45) is 4.08. The summed E-state index contributed by atoms with van der Waals surface area (Å²) in [6, 6.07) is 18.1. The van der Waals surface area contributed by atoms with Gasteiger partial charge in [0.15, 0.2) is 9.84 Å². The van der Waals surface area contributed by atoms with E-state index in [0.29, 0.717) is 5.56 Å². The number of aliphatic hydroxyl groups excluding tert-OH is 1. The average molecular weight is 537 g/mol. The number of aliphatic hydroxyl groups is 1. The molecular formula is C27H28N4O6S. The average Bonchev–Trinajstić information content (AvgIpc) is 3.42. The number of pyridine rings is 1. The zero-order chi connectivity index (χ0) is 27.5. The molecule has 0 aliphatic carbocycles. The van der Waals surface area contributed by atoms with Crippen molar-refractivity contribution in [1.82, 2.24) is 19.7 Å². The first-order valence-corrected chi connectivity index (χ1v) is 13.6. The molecule has 38 heavy (non-hydrogen) atoms. The van der Waals surface area contributed by atoms with Crippen LogP contribution in [0.1, 0.15) is 29.9 Å². The number of nitrogens with one attached hydrogen (secondary N) is 1. The predicted octanol–water partition coefficient (Wildman–Crippen LogP) is 2.52. The number of amides is 1. The number of carbonyl (C=O) groups is 1. The largest absolute Gasteiger partial charge is 0.507 e. The SMILES string of the molecule is CC(CNC(=O)c1ccccc1O)(CC(O)n1ccc(-c2ccc(-n3cccn3)cc2)cc1=O)S(C)(=O)=O. The van der Waals surface area contributed by atoms with Crippen LogP contribution in [0.5, 0.6) is 5.75 Å². The Morgan fingerprint density at radius 3 is 2.37 bits per heavy atom. The molecule has 3 N–H and O–H groups in total. The van der Waals surface area contributed by atoms with Crippen molar-refractivity contribution in [2.24, 2.45) is 0 Å². The monoisotopic (exact) mass is 536 g/mol. The van der Waals surface area contributed by atoms with Crippen LogP contribution in [0.2, 0.25) is 0 Å². The molecule has 2 aromatic carbocycles. The number of para-hydroxylation sites is 1. The summed E-state index contributed by atoms with van der Waals surface area (Å²) in [5.41, 5.74) is 1.75. The van der Waals surface area contributed by atoms with Crippen molar-refractivity contribution in [3.05, 3.63) is 101 Å². The highest BCUT2D eigenvalue weighted by Gasteiger charge is 2.39. The van der Waals surface area contributed by atoms with Crippen molar-refractivity contribution in [1.29, 1.82) is 0 Å². The van der Waals surface area contributed by atoms with Gasteiger partial charge in [0.1, 0.15) is 12.0 Å². The summed E-state index contributed by atoms with van der Waals surface area (Å²) in [7, 11) is -3.80. The van der Waals surface area contributed by atoms with Crippen molar-refractivity contribution >= 4 is 15.7 Å². The number of aromatic nitrogens is 3. The van der Waals surface area contributed by atoms with Crippen molar-refractivity contribution in [2.75, 3.05) is 12.8 Å². The third-order valence-corrected chi connectivity index (χ3v) is 8.62. The van der Waals surface area contributed by atoms with Crippen LogP contribution in [-0.2, 0) is 9.84 Å². The van der Waals surface area contributed by atoms with Crippen LogP contribution >= 0.6 is 0 Å². The number of phenols is 1. The van der Waals surface area contributed by atoms with Crippen LogP contribution in [0.4, 0.5) is 0 Å². The summed E-state index contributed by atoms with van der Waals surface area (Å²) >= 11 is 0. The fourth-order valence-corrected chi connectivity index (χ4v) is 4.80. The van der Waals surface area contributed by atoms with Gasteiger partial charge in [-0.05, 0) is 54.4 Å². The molecule has 0 saturated carbocycles. The van der Waals surface area contributed by atoms with E-state index in [9.17, 15) is 28.2 Å². The molecule has 2 aromatic heterocycles. The number of aromatic hydroxyl groups is 1. The van der Waals surface area contributed by atoms with E-state index in [1.807, 2.05) is 36.5 Å². The molecule has 0 aliphatic rings. The fraction of sp³-hybridized carbons (Fsp3) is 0.222. The zero-order valence-electron chi connectivity index (χ0n) is 20.9. The van der Waals surface area contributed by atoms with E-state index >= 15 is 0 Å². The number of phenolic OH excluding ortho intramolecular Hbond substituents is 1. The van der Waals surface area contributed by atoms with E-state index < -0.39 is 32.3 Å². The highest BCUT2D eigenvalue weighted by molar-refractivity contribution is 7.92. The van der Waals surface area contributed by atoms with Gasteiger partial charge >= 0.3 is 0 Å². The highest BCUT2D eigenvalue weighted by atomic mass is 32.2. The second kappa shape index (κ2) is 10.6. The van der Waals surface area contributed by atoms with Gasteiger partial charge in [-0.2, -0.15) is 5.10 Å². The Hall–Kier alpha value is -4.22. The second-order valence-corrected chi connectivity index (χ2v) is 11.8. The Kier molecular flexibility index (Phi) is 7.51. The van der Waals surface area contributed by atoms with Gasteiger partial charge in [-0.25, -0.2) is 13.1 Å². The normalized spacial score (nSPS) is 14.0. The van der Waals surface area contributed by atoms with Crippen LogP contribution in [-0.4, -0.2) is 56.4 Å². The molecule has 4 rings (SSSR count). The third kappa shape index (κ3) is 5.68. The Labute approximate surface area is 219 Å². The van der Waals surface area contributed by atoms with Gasteiger partial charge in [-0.3, -0.25) is 14.2 Å². The summed E-state index contributed by atoms with van der Waals surface area (Å²) < 4.78 is 26.5. The standard InChI is InChI=1S/C27H28N4O6S/c1-27(38(2,36)37,18-28-26(35)22-6-3-4-7-23(22)32)17-25(34)30-15-12-20(16-24(30)33)19-8-10-21(11-9-19)31-14-5-13-29-31/h3-16,25,32,34H,17-18H2,1-2H3,(H,28,35). The van der Waals surface area contributed by atoms with Crippen LogP contribution in [0.15, 0.2) is 90.1 Å². The van der Waals surface area contributed by atoms with E-state index in [-0.39, 0.29) is 24.3 Å². The molecular weight excluding hydrogens is 508 g/mol. The molecule has 0 saturated heterocycles. The van der Waals surface area contributed by atoms with E-state index in [0.717, 1.165) is 22.1 Å². The van der Waals surface area contributed by atoms with Crippen LogP contribution in [0.25, 0.3) is 16.8 Å². The number of sulfone groups is 1. The summed E-state index contributed by atoms with van der Waals surface area (Å²) in [6.45, 7) is 1.04. The van der Waals surface area contributed by atoms with Gasteiger partial charge in [0, 0.05) is 43.9 Å². The molecule has 1 amide bonds. The van der Waals surface area contributed by atoms with E-state index in [1.165, 1.54) is 31.3 Å². The lowest BCUT2D eigenvalue weighted by atomic mass is 10.0. The first-order chi connectivity index (χ1) is 18.0. The maximum absolute atomic E-state index is 12.9. The van der Waals surface area contributed by atoms with Gasteiger partial charge < -0.3 is 15.5 Å². The summed E-state index contributed by atoms with van der Waals surface area (Å²) in [5.74, 6) is -0.902. The Balaban J connectivity index is 1.51. The maximum Gasteiger partial charge on any atom is 0.255 e. The second-order valence-electron chi connectivity index (χ2n) is 9.27. The summed E-state index contributed by atoms with van der Waals surface area (Å²) in [4.78, 5) is 25.4. The molecule has 11 heteroatoms. The molecule has 2 heterocycles. The van der Waals surface area contributed by atoms with Gasteiger partial charge in [0.2, 0.25) is 0 Å². The van der Waals surface area contributed by atoms with E-state index in [1.54, 1.807) is 29.1 Å². The third-order valence-electron chi connectivity index (χ3n) is 6.52.